The molecule has 2 aromatic heterocycles. The average molecular weight is 509 g/mol. The number of aliphatic hydroxyl groups is 2. The number of fused-ring (bicyclic) bond motifs is 1. The summed E-state index contributed by atoms with van der Waals surface area (Å²) < 4.78 is 46.7. The van der Waals surface area contributed by atoms with Gasteiger partial charge in [-0.2, -0.15) is 0 Å². The fraction of sp³-hybridized carbons (Fsp3) is 0.688. The molecule has 6 N–H and O–H groups in total. The molecular weight excluding hydrogens is 484 g/mol. The van der Waals surface area contributed by atoms with E-state index in [0.717, 1.165) is 12.8 Å². The van der Waals surface area contributed by atoms with Crippen LogP contribution in [0.3, 0.4) is 0 Å². The van der Waals surface area contributed by atoms with Gasteiger partial charge >= 0.3 is 15.2 Å². The molecule has 0 aromatic carbocycles. The summed E-state index contributed by atoms with van der Waals surface area (Å²) in [6.07, 6.45) is -1.86. The second-order valence-electron chi connectivity index (χ2n) is 7.74. The number of anilines is 1. The number of aliphatic hydroxyl groups excluding tert-OH is 2. The van der Waals surface area contributed by atoms with E-state index in [4.69, 9.17) is 24.3 Å². The van der Waals surface area contributed by atoms with E-state index in [1.54, 1.807) is 0 Å². The van der Waals surface area contributed by atoms with Crippen LogP contribution in [0.4, 0.5) is 5.82 Å². The molecule has 0 amide bonds. The minimum absolute atomic E-state index is 0.113. The van der Waals surface area contributed by atoms with Gasteiger partial charge in [-0.05, 0) is 19.3 Å². The molecule has 0 saturated carbocycles. The Balaban J connectivity index is 1.38. The monoisotopic (exact) mass is 509 g/mol. The Kier molecular flexibility index (Phi) is 7.18. The molecule has 17 heteroatoms. The van der Waals surface area contributed by atoms with Gasteiger partial charge < -0.3 is 39.7 Å². The fourth-order valence-electron chi connectivity index (χ4n) is 3.62. The Bertz CT molecular complexity index is 1080. The van der Waals surface area contributed by atoms with Crippen molar-refractivity contribution in [1.82, 2.24) is 19.5 Å². The highest BCUT2D eigenvalue weighted by Crippen LogP contribution is 2.59. The molecule has 4 rings (SSSR count). The molecule has 2 aromatic rings. The van der Waals surface area contributed by atoms with Gasteiger partial charge in [-0.25, -0.2) is 15.0 Å². The van der Waals surface area contributed by atoms with Gasteiger partial charge in [-0.3, -0.25) is 18.2 Å². The van der Waals surface area contributed by atoms with Crippen LogP contribution in [0.25, 0.3) is 11.2 Å². The number of hydrogen-bond acceptors (Lipinski definition) is 12. The number of nitrogens with zero attached hydrogens (tertiary/aromatic N) is 4. The SMILES string of the molecule is Nc1ncnc2c1ncn2[C@@H]1O[C@H](COP(=O)(O)CP(=O)(O)OC2CCCCO2)[C@@H](O)[C@H]1O. The maximum atomic E-state index is 12.4. The van der Waals surface area contributed by atoms with Crippen LogP contribution < -0.4 is 5.73 Å². The molecule has 2 fully saturated rings. The zero-order valence-corrected chi connectivity index (χ0v) is 19.1. The van der Waals surface area contributed by atoms with Gasteiger partial charge in [-0.15, -0.1) is 0 Å². The van der Waals surface area contributed by atoms with Crippen molar-refractivity contribution in [2.24, 2.45) is 0 Å². The van der Waals surface area contributed by atoms with Crippen LogP contribution in [0.2, 0.25) is 0 Å². The van der Waals surface area contributed by atoms with Crippen molar-refractivity contribution >= 4 is 32.2 Å². The van der Waals surface area contributed by atoms with Crippen LogP contribution >= 0.6 is 15.2 Å². The van der Waals surface area contributed by atoms with Crippen molar-refractivity contribution in [3.63, 3.8) is 0 Å². The van der Waals surface area contributed by atoms with Crippen molar-refractivity contribution in [2.45, 2.75) is 50.1 Å². The minimum Gasteiger partial charge on any atom is -0.387 e. The molecule has 15 nitrogen and oxygen atoms in total. The van der Waals surface area contributed by atoms with Crippen LogP contribution in [0.1, 0.15) is 25.5 Å². The molecule has 2 aliphatic rings. The predicted octanol–water partition coefficient (Wildman–Crippen LogP) is -0.0842. The molecule has 2 saturated heterocycles. The van der Waals surface area contributed by atoms with Crippen molar-refractivity contribution in [3.05, 3.63) is 12.7 Å². The second kappa shape index (κ2) is 9.62. The highest BCUT2D eigenvalue weighted by molar-refractivity contribution is 7.70. The van der Waals surface area contributed by atoms with Gasteiger partial charge in [0, 0.05) is 6.61 Å². The topological polar surface area (TPSA) is 222 Å². The third-order valence-corrected chi connectivity index (χ3v) is 9.19. The summed E-state index contributed by atoms with van der Waals surface area (Å²) in [5.41, 5.74) is 6.26. The first-order chi connectivity index (χ1) is 15.6. The molecule has 0 spiro atoms. The van der Waals surface area contributed by atoms with Crippen LogP contribution in [-0.4, -0.2) is 83.2 Å². The lowest BCUT2D eigenvalue weighted by molar-refractivity contribution is -0.109. The normalized spacial score (nSPS) is 31.9. The van der Waals surface area contributed by atoms with Gasteiger partial charge in [0.05, 0.1) is 12.9 Å². The first-order valence-electron chi connectivity index (χ1n) is 10.1. The van der Waals surface area contributed by atoms with Crippen molar-refractivity contribution < 1.29 is 47.7 Å². The number of ether oxygens (including phenoxy) is 2. The van der Waals surface area contributed by atoms with Crippen LogP contribution in [0.5, 0.6) is 0 Å². The number of imidazole rings is 1. The van der Waals surface area contributed by atoms with E-state index < -0.39 is 58.5 Å². The molecule has 2 aliphatic heterocycles. The Morgan fingerprint density at radius 1 is 1.15 bits per heavy atom. The third kappa shape index (κ3) is 5.60. The Labute approximate surface area is 187 Å². The smallest absolute Gasteiger partial charge is 0.342 e. The van der Waals surface area contributed by atoms with Gasteiger partial charge in [0.1, 0.15) is 30.2 Å². The van der Waals surface area contributed by atoms with Crippen molar-refractivity contribution in [1.29, 1.82) is 0 Å². The summed E-state index contributed by atoms with van der Waals surface area (Å²) in [5, 5.41) is 20.8. The number of nitrogen functional groups attached to an aromatic ring is 1. The summed E-state index contributed by atoms with van der Waals surface area (Å²) in [6.45, 7) is -0.282. The number of rotatable bonds is 8. The summed E-state index contributed by atoms with van der Waals surface area (Å²) in [6, 6.07) is 0. The summed E-state index contributed by atoms with van der Waals surface area (Å²) in [7, 11) is -9.14. The number of nitrogens with two attached hydrogens (primary N) is 1. The van der Waals surface area contributed by atoms with Crippen LogP contribution in [0, 0.1) is 0 Å². The third-order valence-electron chi connectivity index (χ3n) is 5.22. The van der Waals surface area contributed by atoms with E-state index in [-0.39, 0.29) is 17.0 Å². The van der Waals surface area contributed by atoms with Gasteiger partial charge in [0.25, 0.3) is 0 Å². The molecule has 7 atom stereocenters. The van der Waals surface area contributed by atoms with Crippen LogP contribution in [0.15, 0.2) is 12.7 Å². The van der Waals surface area contributed by atoms with Gasteiger partial charge in [0.15, 0.2) is 29.9 Å². The quantitative estimate of drug-likeness (QED) is 0.294. The molecule has 33 heavy (non-hydrogen) atoms. The second-order valence-corrected chi connectivity index (χ2v) is 11.9. The predicted molar refractivity (Wildman–Crippen MR) is 111 cm³/mol. The zero-order valence-electron chi connectivity index (χ0n) is 17.3. The maximum absolute atomic E-state index is 12.4. The lowest BCUT2D eigenvalue weighted by Gasteiger charge is -2.25. The molecular formula is C16H25N5O10P2. The van der Waals surface area contributed by atoms with E-state index in [1.807, 2.05) is 0 Å². The van der Waals surface area contributed by atoms with E-state index in [1.165, 1.54) is 17.2 Å². The number of hydrogen-bond donors (Lipinski definition) is 5. The minimum atomic E-state index is -4.63. The lowest BCUT2D eigenvalue weighted by atomic mass is 10.1. The van der Waals surface area contributed by atoms with E-state index in [9.17, 15) is 29.1 Å². The molecule has 4 heterocycles. The van der Waals surface area contributed by atoms with E-state index in [0.29, 0.717) is 13.0 Å². The summed E-state index contributed by atoms with van der Waals surface area (Å²) >= 11 is 0. The lowest BCUT2D eigenvalue weighted by Crippen LogP contribution is -2.33. The van der Waals surface area contributed by atoms with Crippen molar-refractivity contribution in [2.75, 3.05) is 24.9 Å². The van der Waals surface area contributed by atoms with Crippen LogP contribution in [-0.2, 0) is 27.7 Å². The Hall–Kier alpha value is -1.51. The van der Waals surface area contributed by atoms with Crippen molar-refractivity contribution in [3.8, 4) is 0 Å². The van der Waals surface area contributed by atoms with E-state index in [2.05, 4.69) is 15.0 Å². The maximum Gasteiger partial charge on any atom is 0.342 e. The first kappa shape index (κ1) is 24.6. The van der Waals surface area contributed by atoms with E-state index >= 15 is 0 Å². The Morgan fingerprint density at radius 2 is 1.94 bits per heavy atom. The standard InChI is InChI=1S/C16H25N5O10P2/c17-14-11-15(19-6-18-14)21(7-20-11)16-13(23)12(22)9(30-16)5-29-32(24,25)8-33(26,27)31-10-3-1-2-4-28-10/h6-7,9-10,12-13,16,22-23H,1-5,8H2,(H,24,25)(H,26,27)(H2,17,18,19)/t9-,10?,12-,13-,16-/m1/s1. The molecule has 184 valence electrons. The van der Waals surface area contributed by atoms with Gasteiger partial charge in [0.2, 0.25) is 0 Å². The summed E-state index contributed by atoms with van der Waals surface area (Å²) in [5.74, 6) is -1.06. The molecule has 0 bridgehead atoms. The molecule has 3 unspecified atom stereocenters. The largest absolute Gasteiger partial charge is 0.387 e. The van der Waals surface area contributed by atoms with Gasteiger partial charge in [-0.1, -0.05) is 0 Å². The fourth-order valence-corrected chi connectivity index (χ4v) is 6.93. The number of aromatic nitrogens is 4. The highest BCUT2D eigenvalue weighted by Gasteiger charge is 2.46. The summed E-state index contributed by atoms with van der Waals surface area (Å²) in [4.78, 5) is 31.9. The average Bonchev–Trinajstić information content (AvgIpc) is 3.29. The Morgan fingerprint density at radius 3 is 2.67 bits per heavy atom. The molecule has 0 radical (unpaired) electrons. The molecule has 0 aliphatic carbocycles. The zero-order chi connectivity index (χ0) is 23.8. The highest BCUT2D eigenvalue weighted by atomic mass is 31.2. The first-order valence-corrected chi connectivity index (χ1v) is 13.6.